The Labute approximate surface area is 145 Å². The first kappa shape index (κ1) is 15.5. The van der Waals surface area contributed by atoms with Crippen LogP contribution in [0.2, 0.25) is 0 Å². The van der Waals surface area contributed by atoms with Crippen LogP contribution in [0, 0.1) is 11.3 Å². The number of anilines is 1. The molecule has 3 aromatic rings. The summed E-state index contributed by atoms with van der Waals surface area (Å²) in [5, 5.41) is 13.5. The summed E-state index contributed by atoms with van der Waals surface area (Å²) < 4.78 is 24.5. The number of nitrogens with one attached hydrogen (secondary N) is 1. The molecule has 6 nitrogen and oxygen atoms in total. The molecule has 2 aromatic heterocycles. The van der Waals surface area contributed by atoms with E-state index in [0.717, 1.165) is 16.5 Å². The van der Waals surface area contributed by atoms with Crippen molar-refractivity contribution in [2.75, 3.05) is 11.1 Å². The number of sulfone groups is 1. The molecule has 25 heavy (non-hydrogen) atoms. The first-order chi connectivity index (χ1) is 12.1. The lowest BCUT2D eigenvalue weighted by atomic mass is 10.0. The van der Waals surface area contributed by atoms with Crippen molar-refractivity contribution in [3.8, 4) is 6.07 Å². The largest absolute Gasteiger partial charge is 0.379 e. The number of benzene rings is 1. The fourth-order valence-electron chi connectivity index (χ4n) is 3.18. The quantitative estimate of drug-likeness (QED) is 0.779. The predicted octanol–water partition coefficient (Wildman–Crippen LogP) is 2.44. The zero-order valence-corrected chi connectivity index (χ0v) is 14.0. The monoisotopic (exact) mass is 350 g/mol. The molecule has 0 aliphatic carbocycles. The van der Waals surface area contributed by atoms with Gasteiger partial charge in [0, 0.05) is 30.5 Å². The number of rotatable bonds is 3. The summed E-state index contributed by atoms with van der Waals surface area (Å²) in [5.41, 5.74) is 3.43. The summed E-state index contributed by atoms with van der Waals surface area (Å²) >= 11 is 0. The van der Waals surface area contributed by atoms with E-state index in [2.05, 4.69) is 21.4 Å². The Kier molecular flexibility index (Phi) is 3.62. The van der Waals surface area contributed by atoms with E-state index in [9.17, 15) is 13.7 Å². The third-order valence-electron chi connectivity index (χ3n) is 4.37. The second-order valence-electron chi connectivity index (χ2n) is 5.88. The van der Waals surface area contributed by atoms with E-state index >= 15 is 0 Å². The van der Waals surface area contributed by atoms with Crippen LogP contribution in [-0.4, -0.2) is 24.1 Å². The first-order valence-electron chi connectivity index (χ1n) is 7.80. The summed E-state index contributed by atoms with van der Waals surface area (Å²) in [6.45, 7) is 0.484. The van der Waals surface area contributed by atoms with Crippen LogP contribution in [0.25, 0.3) is 10.9 Å². The van der Waals surface area contributed by atoms with E-state index in [4.69, 9.17) is 0 Å². The third kappa shape index (κ3) is 2.61. The van der Waals surface area contributed by atoms with E-state index in [-0.39, 0.29) is 5.75 Å². The van der Waals surface area contributed by atoms with Gasteiger partial charge in [-0.15, -0.1) is 0 Å². The highest BCUT2D eigenvalue weighted by Crippen LogP contribution is 2.37. The smallest absolute Gasteiger partial charge is 0.179 e. The maximum absolute atomic E-state index is 12.2. The van der Waals surface area contributed by atoms with Crippen LogP contribution >= 0.6 is 0 Å². The summed E-state index contributed by atoms with van der Waals surface area (Å²) in [5.74, 6) is 0.0975. The van der Waals surface area contributed by atoms with Crippen molar-refractivity contribution >= 4 is 26.4 Å². The highest BCUT2D eigenvalue weighted by Gasteiger charge is 2.29. The number of hydrogen-bond acceptors (Lipinski definition) is 6. The number of hydrogen-bond donors (Lipinski definition) is 1. The van der Waals surface area contributed by atoms with Crippen molar-refractivity contribution in [1.82, 2.24) is 9.97 Å². The van der Waals surface area contributed by atoms with Crippen LogP contribution in [0.15, 0.2) is 47.8 Å². The molecule has 1 N–H and O–H groups in total. The zero-order chi connectivity index (χ0) is 17.4. The minimum atomic E-state index is -3.25. The first-order valence-corrected chi connectivity index (χ1v) is 9.45. The molecule has 0 radical (unpaired) electrons. The van der Waals surface area contributed by atoms with Crippen molar-refractivity contribution < 1.29 is 8.42 Å². The Hall–Kier alpha value is -2.98. The molecule has 1 aromatic carbocycles. The average molecular weight is 350 g/mol. The van der Waals surface area contributed by atoms with Crippen LogP contribution in [0.5, 0.6) is 0 Å². The lowest BCUT2D eigenvalue weighted by Crippen LogP contribution is -2.04. The van der Waals surface area contributed by atoms with Gasteiger partial charge in [-0.05, 0) is 35.7 Å². The van der Waals surface area contributed by atoms with Gasteiger partial charge in [-0.1, -0.05) is 6.07 Å². The molecule has 0 amide bonds. The van der Waals surface area contributed by atoms with Gasteiger partial charge < -0.3 is 5.32 Å². The van der Waals surface area contributed by atoms with Gasteiger partial charge in [0.25, 0.3) is 0 Å². The number of pyridine rings is 2. The number of nitrogens with zero attached hydrogens (tertiary/aromatic N) is 3. The molecule has 3 heterocycles. The molecule has 0 bridgehead atoms. The molecule has 7 heteroatoms. The fourth-order valence-corrected chi connectivity index (χ4v) is 4.73. The third-order valence-corrected chi connectivity index (χ3v) is 6.16. The Balaban J connectivity index is 1.89. The van der Waals surface area contributed by atoms with E-state index in [0.29, 0.717) is 34.6 Å². The van der Waals surface area contributed by atoms with Crippen molar-refractivity contribution in [3.05, 3.63) is 59.5 Å². The summed E-state index contributed by atoms with van der Waals surface area (Å²) in [4.78, 5) is 8.75. The minimum absolute atomic E-state index is 0.0975. The molecule has 1 aliphatic rings. The number of aryl methyl sites for hydroxylation is 1. The topological polar surface area (TPSA) is 95.7 Å². The van der Waals surface area contributed by atoms with Crippen LogP contribution in [0.4, 0.5) is 5.69 Å². The van der Waals surface area contributed by atoms with Gasteiger partial charge in [0.1, 0.15) is 6.07 Å². The van der Waals surface area contributed by atoms with E-state index < -0.39 is 9.84 Å². The van der Waals surface area contributed by atoms with Crippen LogP contribution in [0.1, 0.15) is 16.7 Å². The highest BCUT2D eigenvalue weighted by molar-refractivity contribution is 7.91. The molecule has 0 spiro atoms. The minimum Gasteiger partial charge on any atom is -0.379 e. The van der Waals surface area contributed by atoms with Crippen molar-refractivity contribution in [2.24, 2.45) is 0 Å². The Bertz CT molecular complexity index is 1120. The van der Waals surface area contributed by atoms with Gasteiger partial charge in [-0.2, -0.15) is 5.26 Å². The van der Waals surface area contributed by atoms with Gasteiger partial charge in [0.2, 0.25) is 0 Å². The molecular formula is C18H14N4O2S. The summed E-state index contributed by atoms with van der Waals surface area (Å²) in [7, 11) is -3.25. The van der Waals surface area contributed by atoms with Crippen LogP contribution in [0.3, 0.4) is 0 Å². The van der Waals surface area contributed by atoms with Gasteiger partial charge in [-0.3, -0.25) is 9.97 Å². The van der Waals surface area contributed by atoms with Gasteiger partial charge >= 0.3 is 0 Å². The highest BCUT2D eigenvalue weighted by atomic mass is 32.2. The SMILES string of the molecule is N#Cc1cnc2ccc3c(c2c1NCc1cccnc1)CCS3(=O)=O. The summed E-state index contributed by atoms with van der Waals surface area (Å²) in [6, 6.07) is 9.24. The van der Waals surface area contributed by atoms with E-state index in [1.165, 1.54) is 6.20 Å². The molecule has 4 rings (SSSR count). The molecule has 0 atom stereocenters. The van der Waals surface area contributed by atoms with Crippen LogP contribution in [-0.2, 0) is 22.8 Å². The summed E-state index contributed by atoms with van der Waals surface area (Å²) in [6.07, 6.45) is 5.40. The molecule has 0 fully saturated rings. The van der Waals surface area contributed by atoms with Gasteiger partial charge in [0.05, 0.1) is 27.4 Å². The number of aromatic nitrogens is 2. The lowest BCUT2D eigenvalue weighted by Gasteiger charge is -2.14. The molecular weight excluding hydrogens is 336 g/mol. The van der Waals surface area contributed by atoms with Gasteiger partial charge in [-0.25, -0.2) is 8.42 Å². The standard InChI is InChI=1S/C18H14N4O2S/c19-8-13-11-21-15-3-4-16-14(5-7-25(16,23)24)17(15)18(13)22-10-12-2-1-6-20-9-12/h1-4,6,9,11H,5,7,10H2,(H,21,22). The number of nitriles is 1. The Morgan fingerprint density at radius 1 is 1.24 bits per heavy atom. The van der Waals surface area contributed by atoms with Crippen LogP contribution < -0.4 is 5.32 Å². The maximum Gasteiger partial charge on any atom is 0.179 e. The Morgan fingerprint density at radius 3 is 2.88 bits per heavy atom. The lowest BCUT2D eigenvalue weighted by molar-refractivity contribution is 0.600. The van der Waals surface area contributed by atoms with Crippen molar-refractivity contribution in [2.45, 2.75) is 17.9 Å². The van der Waals surface area contributed by atoms with Crippen molar-refractivity contribution in [3.63, 3.8) is 0 Å². The fraction of sp³-hybridized carbons (Fsp3) is 0.167. The van der Waals surface area contributed by atoms with E-state index in [1.807, 2.05) is 12.1 Å². The molecule has 124 valence electrons. The second-order valence-corrected chi connectivity index (χ2v) is 7.96. The molecule has 0 saturated carbocycles. The predicted molar refractivity (Wildman–Crippen MR) is 93.8 cm³/mol. The van der Waals surface area contributed by atoms with Crippen molar-refractivity contribution in [1.29, 1.82) is 5.26 Å². The molecule has 1 aliphatic heterocycles. The zero-order valence-electron chi connectivity index (χ0n) is 13.2. The maximum atomic E-state index is 12.2. The number of fused-ring (bicyclic) bond motifs is 3. The average Bonchev–Trinajstić information content (AvgIpc) is 2.95. The molecule has 0 unspecified atom stereocenters. The van der Waals surface area contributed by atoms with E-state index in [1.54, 1.807) is 24.5 Å². The molecule has 0 saturated heterocycles. The second kappa shape index (κ2) is 5.83. The van der Waals surface area contributed by atoms with Gasteiger partial charge in [0.15, 0.2) is 9.84 Å². The normalized spacial score (nSPS) is 14.8. The Morgan fingerprint density at radius 2 is 2.12 bits per heavy atom.